The van der Waals surface area contributed by atoms with Crippen molar-refractivity contribution in [1.82, 2.24) is 4.90 Å². The Morgan fingerprint density at radius 3 is 3.08 bits per heavy atom. The predicted octanol–water partition coefficient (Wildman–Crippen LogP) is 2.12. The van der Waals surface area contributed by atoms with Crippen molar-refractivity contribution < 1.29 is 0 Å². The van der Waals surface area contributed by atoms with Gasteiger partial charge in [0.2, 0.25) is 0 Å². The van der Waals surface area contributed by atoms with Crippen LogP contribution in [0.3, 0.4) is 0 Å². The molecule has 0 aromatic carbocycles. The molecule has 5 heteroatoms. The van der Waals surface area contributed by atoms with E-state index in [0.29, 0.717) is 12.6 Å². The van der Waals surface area contributed by atoms with Crippen LogP contribution in [-0.4, -0.2) is 42.1 Å². The van der Waals surface area contributed by atoms with Crippen LogP contribution in [0.1, 0.15) is 13.3 Å². The minimum atomic E-state index is 0.603. The van der Waals surface area contributed by atoms with E-state index in [1.807, 2.05) is 11.8 Å². The van der Waals surface area contributed by atoms with E-state index in [0.717, 1.165) is 13.1 Å². The Labute approximate surface area is 83.3 Å². The topological polar surface area (TPSA) is 52.0 Å². The van der Waals surface area contributed by atoms with E-state index < -0.39 is 0 Å². The van der Waals surface area contributed by atoms with Crippen molar-refractivity contribution >= 4 is 11.8 Å². The fraction of sp³-hybridized carbons (Fsp3) is 1.00. The minimum Gasteiger partial charge on any atom is -0.300 e. The van der Waals surface area contributed by atoms with Crippen LogP contribution < -0.4 is 0 Å². The van der Waals surface area contributed by atoms with Crippen LogP contribution in [0.25, 0.3) is 10.4 Å². The molecule has 1 heterocycles. The molecule has 1 unspecified atom stereocenters. The molecule has 0 saturated carbocycles. The highest BCUT2D eigenvalue weighted by Crippen LogP contribution is 2.21. The van der Waals surface area contributed by atoms with Gasteiger partial charge >= 0.3 is 0 Å². The van der Waals surface area contributed by atoms with Crippen LogP contribution >= 0.6 is 11.8 Å². The standard InChI is InChI=1S/C8H16N4S/c1-2-12(5-4-10-11-9)8-3-6-13-7-8/h8H,2-7H2,1H3. The van der Waals surface area contributed by atoms with E-state index in [1.165, 1.54) is 17.9 Å². The maximum Gasteiger partial charge on any atom is 0.0385 e. The summed E-state index contributed by atoms with van der Waals surface area (Å²) in [5, 5.41) is 3.56. The van der Waals surface area contributed by atoms with Crippen LogP contribution in [0.4, 0.5) is 0 Å². The Bertz CT molecular complexity index is 185. The Morgan fingerprint density at radius 2 is 2.54 bits per heavy atom. The van der Waals surface area contributed by atoms with Gasteiger partial charge in [-0.1, -0.05) is 12.0 Å². The van der Waals surface area contributed by atoms with E-state index in [9.17, 15) is 0 Å². The molecule has 0 aromatic rings. The molecular weight excluding hydrogens is 184 g/mol. The van der Waals surface area contributed by atoms with Gasteiger partial charge in [-0.05, 0) is 24.2 Å². The van der Waals surface area contributed by atoms with Gasteiger partial charge < -0.3 is 0 Å². The smallest absolute Gasteiger partial charge is 0.0385 e. The number of rotatable bonds is 5. The minimum absolute atomic E-state index is 0.603. The number of azide groups is 1. The fourth-order valence-electron chi connectivity index (χ4n) is 1.63. The lowest BCUT2D eigenvalue weighted by molar-refractivity contribution is 0.230. The lowest BCUT2D eigenvalue weighted by Crippen LogP contribution is -2.36. The first kappa shape index (κ1) is 10.7. The zero-order valence-electron chi connectivity index (χ0n) is 8.02. The summed E-state index contributed by atoms with van der Waals surface area (Å²) in [5.41, 5.74) is 8.15. The van der Waals surface area contributed by atoms with Gasteiger partial charge in [0.25, 0.3) is 0 Å². The van der Waals surface area contributed by atoms with E-state index in [1.54, 1.807) is 0 Å². The quantitative estimate of drug-likeness (QED) is 0.388. The number of thioether (sulfide) groups is 1. The summed E-state index contributed by atoms with van der Waals surface area (Å²) in [4.78, 5) is 5.17. The highest BCUT2D eigenvalue weighted by molar-refractivity contribution is 7.99. The Balaban J connectivity index is 2.28. The Morgan fingerprint density at radius 1 is 1.69 bits per heavy atom. The van der Waals surface area contributed by atoms with Crippen molar-refractivity contribution in [3.05, 3.63) is 10.4 Å². The highest BCUT2D eigenvalue weighted by atomic mass is 32.2. The molecule has 0 radical (unpaired) electrons. The van der Waals surface area contributed by atoms with Crippen molar-refractivity contribution in [2.24, 2.45) is 5.11 Å². The zero-order valence-corrected chi connectivity index (χ0v) is 8.83. The van der Waals surface area contributed by atoms with Crippen molar-refractivity contribution in [2.75, 3.05) is 31.1 Å². The van der Waals surface area contributed by atoms with Gasteiger partial charge in [0, 0.05) is 29.8 Å². The van der Waals surface area contributed by atoms with E-state index in [4.69, 9.17) is 5.53 Å². The van der Waals surface area contributed by atoms with Gasteiger partial charge in [-0.15, -0.1) is 0 Å². The van der Waals surface area contributed by atoms with Gasteiger partial charge in [-0.3, -0.25) is 4.90 Å². The van der Waals surface area contributed by atoms with E-state index >= 15 is 0 Å². The van der Waals surface area contributed by atoms with Gasteiger partial charge in [-0.2, -0.15) is 11.8 Å². The lowest BCUT2D eigenvalue weighted by Gasteiger charge is -2.25. The summed E-state index contributed by atoms with van der Waals surface area (Å²) in [6.45, 7) is 4.74. The second-order valence-corrected chi connectivity index (χ2v) is 4.25. The van der Waals surface area contributed by atoms with Crippen molar-refractivity contribution in [3.63, 3.8) is 0 Å². The molecule has 1 atom stereocenters. The summed E-state index contributed by atoms with van der Waals surface area (Å²) >= 11 is 2.02. The maximum absolute atomic E-state index is 8.15. The van der Waals surface area contributed by atoms with Crippen molar-refractivity contribution in [2.45, 2.75) is 19.4 Å². The average Bonchev–Trinajstić information content (AvgIpc) is 2.65. The van der Waals surface area contributed by atoms with Crippen LogP contribution in [0, 0.1) is 0 Å². The number of likely N-dealkylation sites (N-methyl/N-ethyl adjacent to an activating group) is 1. The molecule has 0 bridgehead atoms. The third-order valence-corrected chi connectivity index (χ3v) is 3.52. The number of nitrogens with zero attached hydrogens (tertiary/aromatic N) is 4. The largest absolute Gasteiger partial charge is 0.300 e. The van der Waals surface area contributed by atoms with Crippen molar-refractivity contribution in [1.29, 1.82) is 0 Å². The highest BCUT2D eigenvalue weighted by Gasteiger charge is 2.20. The van der Waals surface area contributed by atoms with Gasteiger partial charge in [0.1, 0.15) is 0 Å². The molecule has 0 spiro atoms. The second-order valence-electron chi connectivity index (χ2n) is 3.10. The molecule has 1 fully saturated rings. The molecule has 0 N–H and O–H groups in total. The molecule has 0 aliphatic carbocycles. The molecule has 13 heavy (non-hydrogen) atoms. The SMILES string of the molecule is CCN(CCN=[N+]=[N-])C1CCSC1. The van der Waals surface area contributed by atoms with Gasteiger partial charge in [-0.25, -0.2) is 0 Å². The molecule has 1 aliphatic rings. The average molecular weight is 200 g/mol. The van der Waals surface area contributed by atoms with Gasteiger partial charge in [0.15, 0.2) is 0 Å². The summed E-state index contributed by atoms with van der Waals surface area (Å²) in [6.07, 6.45) is 1.29. The summed E-state index contributed by atoms with van der Waals surface area (Å²) in [7, 11) is 0. The zero-order chi connectivity index (χ0) is 9.52. The first-order chi connectivity index (χ1) is 6.38. The third-order valence-electron chi connectivity index (χ3n) is 2.38. The third kappa shape index (κ3) is 3.46. The molecular formula is C8H16N4S. The summed E-state index contributed by atoms with van der Waals surface area (Å²) in [6, 6.07) is 0.712. The van der Waals surface area contributed by atoms with Gasteiger partial charge in [0.05, 0.1) is 0 Å². The fourth-order valence-corrected chi connectivity index (χ4v) is 2.88. The first-order valence-corrected chi connectivity index (χ1v) is 5.86. The van der Waals surface area contributed by atoms with E-state index in [2.05, 4.69) is 21.8 Å². The molecule has 0 aromatic heterocycles. The molecule has 0 amide bonds. The molecule has 1 saturated heterocycles. The lowest BCUT2D eigenvalue weighted by atomic mass is 10.2. The van der Waals surface area contributed by atoms with Crippen LogP contribution in [0.2, 0.25) is 0 Å². The number of hydrogen-bond donors (Lipinski definition) is 0. The summed E-state index contributed by atoms with van der Waals surface area (Å²) < 4.78 is 0. The normalized spacial score (nSPS) is 21.8. The molecule has 1 aliphatic heterocycles. The Hall–Kier alpha value is -0.380. The second kappa shape index (κ2) is 6.13. The monoisotopic (exact) mass is 200 g/mol. The maximum atomic E-state index is 8.15. The molecule has 1 rings (SSSR count). The number of hydrogen-bond acceptors (Lipinski definition) is 3. The van der Waals surface area contributed by atoms with Crippen LogP contribution in [-0.2, 0) is 0 Å². The molecule has 4 nitrogen and oxygen atoms in total. The molecule has 74 valence electrons. The Kier molecular flexibility index (Phi) is 5.05. The first-order valence-electron chi connectivity index (χ1n) is 4.71. The van der Waals surface area contributed by atoms with E-state index in [-0.39, 0.29) is 0 Å². The van der Waals surface area contributed by atoms with Crippen molar-refractivity contribution in [3.8, 4) is 0 Å². The van der Waals surface area contributed by atoms with Crippen LogP contribution in [0.15, 0.2) is 5.11 Å². The van der Waals surface area contributed by atoms with Crippen LogP contribution in [0.5, 0.6) is 0 Å². The predicted molar refractivity (Wildman–Crippen MR) is 57.0 cm³/mol. The summed E-state index contributed by atoms with van der Waals surface area (Å²) in [5.74, 6) is 2.52.